The van der Waals surface area contributed by atoms with Crippen LogP contribution in [0.25, 0.3) is 11.1 Å². The quantitative estimate of drug-likeness (QED) is 0.187. The van der Waals surface area contributed by atoms with Crippen LogP contribution in [0.2, 0.25) is 15.1 Å². The molecule has 0 aliphatic carbocycles. The highest BCUT2D eigenvalue weighted by molar-refractivity contribution is 6.34. The maximum atomic E-state index is 13.0. The zero-order chi connectivity index (χ0) is 29.7. The van der Waals surface area contributed by atoms with Gasteiger partial charge in [-0.1, -0.05) is 59.1 Å². The fourth-order valence-electron chi connectivity index (χ4n) is 5.12. The van der Waals surface area contributed by atoms with Gasteiger partial charge in [-0.05, 0) is 74.1 Å². The molecule has 0 fully saturated rings. The summed E-state index contributed by atoms with van der Waals surface area (Å²) in [6.07, 6.45) is 2.05. The Hall–Kier alpha value is -3.00. The van der Waals surface area contributed by atoms with Crippen LogP contribution in [0.3, 0.4) is 0 Å². The third kappa shape index (κ3) is 6.74. The van der Waals surface area contributed by atoms with E-state index >= 15 is 0 Å². The van der Waals surface area contributed by atoms with Gasteiger partial charge in [-0.15, -0.1) is 0 Å². The van der Waals surface area contributed by atoms with Crippen LogP contribution in [0.4, 0.5) is 0 Å². The van der Waals surface area contributed by atoms with Crippen LogP contribution in [0, 0.1) is 0 Å². The maximum Gasteiger partial charge on any atom is 0.217 e. The highest BCUT2D eigenvalue weighted by atomic mass is 35.5. The maximum absolute atomic E-state index is 13.0. The third-order valence-electron chi connectivity index (χ3n) is 7.09. The summed E-state index contributed by atoms with van der Waals surface area (Å²) >= 11 is 19.2. The second-order valence-corrected chi connectivity index (χ2v) is 11.3. The molecule has 2 unspecified atom stereocenters. The van der Waals surface area contributed by atoms with Crippen LogP contribution < -0.4 is 14.2 Å². The van der Waals surface area contributed by atoms with Crippen molar-refractivity contribution >= 4 is 34.8 Å². The van der Waals surface area contributed by atoms with Crippen LogP contribution in [-0.2, 0) is 5.60 Å². The van der Waals surface area contributed by atoms with Gasteiger partial charge in [-0.3, -0.25) is 0 Å². The average Bonchev–Trinajstić information content (AvgIpc) is 2.95. The third-order valence-corrected chi connectivity index (χ3v) is 7.77. The Morgan fingerprint density at radius 1 is 0.805 bits per heavy atom. The van der Waals surface area contributed by atoms with E-state index in [9.17, 15) is 5.11 Å². The molecule has 0 saturated heterocycles. The lowest BCUT2D eigenvalue weighted by atomic mass is 9.71. The molecule has 9 heteroatoms. The van der Waals surface area contributed by atoms with E-state index in [0.29, 0.717) is 62.1 Å². The number of rotatable bonds is 11. The summed E-state index contributed by atoms with van der Waals surface area (Å²) in [5.74, 6) is 0.607. The minimum Gasteiger partial charge on any atom is -0.493 e. The Bertz CT molecular complexity index is 1480. The van der Waals surface area contributed by atoms with Gasteiger partial charge in [0.2, 0.25) is 5.88 Å². The molecule has 3 aromatic carbocycles. The molecule has 0 radical (unpaired) electrons. The van der Waals surface area contributed by atoms with E-state index in [0.717, 1.165) is 11.1 Å². The Labute approximate surface area is 256 Å². The Kier molecular flexibility index (Phi) is 10.1. The lowest BCUT2D eigenvalue weighted by Gasteiger charge is -2.39. The number of nitrogens with zero attached hydrogens (tertiary/aromatic N) is 2. The Morgan fingerprint density at radius 2 is 1.49 bits per heavy atom. The molecule has 1 N–H and O–H groups in total. The number of para-hydroxylation sites is 1. The van der Waals surface area contributed by atoms with Gasteiger partial charge in [-0.2, -0.15) is 0 Å². The zero-order valence-corrected chi connectivity index (χ0v) is 25.9. The summed E-state index contributed by atoms with van der Waals surface area (Å²) in [5, 5.41) is 14.5. The molecule has 0 amide bonds. The van der Waals surface area contributed by atoms with Gasteiger partial charge in [0.1, 0.15) is 5.60 Å². The molecule has 0 bridgehead atoms. The molecule has 0 spiro atoms. The zero-order valence-electron chi connectivity index (χ0n) is 23.6. The lowest BCUT2D eigenvalue weighted by molar-refractivity contribution is 0.00313. The van der Waals surface area contributed by atoms with E-state index in [1.165, 1.54) is 0 Å². The smallest absolute Gasteiger partial charge is 0.217 e. The number of ether oxygens (including phenoxy) is 3. The van der Waals surface area contributed by atoms with Gasteiger partial charge < -0.3 is 24.2 Å². The predicted octanol–water partition coefficient (Wildman–Crippen LogP) is 7.71. The van der Waals surface area contributed by atoms with Crippen LogP contribution in [0.1, 0.15) is 29.0 Å². The molecule has 1 heterocycles. The first-order valence-electron chi connectivity index (χ1n) is 13.0. The molecule has 216 valence electrons. The molecular weight excluding hydrogens is 583 g/mol. The summed E-state index contributed by atoms with van der Waals surface area (Å²) in [6, 6.07) is 20.2. The summed E-state index contributed by atoms with van der Waals surface area (Å²) in [7, 11) is 8.62. The van der Waals surface area contributed by atoms with Crippen molar-refractivity contribution in [1.82, 2.24) is 9.88 Å². The molecule has 4 aromatic rings. The van der Waals surface area contributed by atoms with Gasteiger partial charge >= 0.3 is 0 Å². The first-order valence-corrected chi connectivity index (χ1v) is 14.1. The molecule has 0 aliphatic rings. The number of benzene rings is 3. The molecule has 6 nitrogen and oxygen atoms in total. The van der Waals surface area contributed by atoms with Crippen molar-refractivity contribution in [3.63, 3.8) is 0 Å². The highest BCUT2D eigenvalue weighted by Crippen LogP contribution is 2.52. The summed E-state index contributed by atoms with van der Waals surface area (Å²) in [4.78, 5) is 6.69. The monoisotopic (exact) mass is 614 g/mol. The van der Waals surface area contributed by atoms with Crippen LogP contribution >= 0.6 is 34.8 Å². The van der Waals surface area contributed by atoms with Gasteiger partial charge in [0.25, 0.3) is 0 Å². The number of aliphatic hydroxyl groups is 1. The van der Waals surface area contributed by atoms with Crippen molar-refractivity contribution in [2.75, 3.05) is 42.0 Å². The van der Waals surface area contributed by atoms with Crippen molar-refractivity contribution < 1.29 is 19.3 Å². The molecule has 1 aromatic heterocycles. The fraction of sp³-hybridized carbons (Fsp3) is 0.281. The van der Waals surface area contributed by atoms with Crippen LogP contribution in [0.5, 0.6) is 17.4 Å². The highest BCUT2D eigenvalue weighted by Gasteiger charge is 2.44. The second-order valence-electron chi connectivity index (χ2n) is 9.98. The Balaban J connectivity index is 2.10. The molecule has 2 atom stereocenters. The van der Waals surface area contributed by atoms with Gasteiger partial charge in [0.05, 0.1) is 27.2 Å². The van der Waals surface area contributed by atoms with E-state index in [1.54, 1.807) is 45.7 Å². The molecular formula is C32H33Cl3N2O4. The van der Waals surface area contributed by atoms with Gasteiger partial charge in [-0.25, -0.2) is 4.98 Å². The van der Waals surface area contributed by atoms with Gasteiger partial charge in [0.15, 0.2) is 11.5 Å². The molecule has 4 rings (SSSR count). The van der Waals surface area contributed by atoms with Crippen molar-refractivity contribution in [3.05, 3.63) is 105 Å². The molecule has 41 heavy (non-hydrogen) atoms. The fourth-order valence-corrected chi connectivity index (χ4v) is 5.77. The van der Waals surface area contributed by atoms with E-state index in [2.05, 4.69) is 4.98 Å². The van der Waals surface area contributed by atoms with E-state index in [-0.39, 0.29) is 0 Å². The number of halogens is 3. The van der Waals surface area contributed by atoms with Crippen LogP contribution in [0.15, 0.2) is 72.9 Å². The van der Waals surface area contributed by atoms with E-state index < -0.39 is 11.5 Å². The van der Waals surface area contributed by atoms with E-state index in [4.69, 9.17) is 49.0 Å². The van der Waals surface area contributed by atoms with Crippen molar-refractivity contribution in [2.24, 2.45) is 0 Å². The summed E-state index contributed by atoms with van der Waals surface area (Å²) in [5.41, 5.74) is 2.05. The standard InChI is InChI=1S/C32H33Cl3N2O4/c1-37(2)14-13-32(38,22-16-24(34)18-25(35)17-22)29(26-7-6-8-28(39-3)30(26)40-4)27-15-21(19-36-31(27)41-5)20-9-11-23(33)12-10-20/h6-12,15-19,29,38H,13-14H2,1-5H3. The Morgan fingerprint density at radius 3 is 2.07 bits per heavy atom. The first-order chi connectivity index (χ1) is 19.6. The van der Waals surface area contributed by atoms with Gasteiger partial charge in [0, 0.05) is 44.5 Å². The van der Waals surface area contributed by atoms with Crippen molar-refractivity contribution in [2.45, 2.75) is 17.9 Å². The number of pyridine rings is 1. The van der Waals surface area contributed by atoms with E-state index in [1.807, 2.05) is 67.5 Å². The predicted molar refractivity (Wildman–Crippen MR) is 166 cm³/mol. The minimum absolute atomic E-state index is 0.316. The SMILES string of the molecule is COc1cccc(C(c2cc(-c3ccc(Cl)cc3)cnc2OC)C(O)(CCN(C)C)c2cc(Cl)cc(Cl)c2)c1OC. The minimum atomic E-state index is -1.55. The average molecular weight is 616 g/mol. The second kappa shape index (κ2) is 13.3. The van der Waals surface area contributed by atoms with Crippen molar-refractivity contribution in [3.8, 4) is 28.5 Å². The van der Waals surface area contributed by atoms with Crippen LogP contribution in [-0.4, -0.2) is 57.0 Å². The molecule has 0 saturated carbocycles. The largest absolute Gasteiger partial charge is 0.493 e. The normalized spacial score (nSPS) is 13.5. The number of aromatic nitrogens is 1. The first kappa shape index (κ1) is 30.9. The van der Waals surface area contributed by atoms with Crippen molar-refractivity contribution in [1.29, 1.82) is 0 Å². The number of hydrogen-bond acceptors (Lipinski definition) is 6. The number of methoxy groups -OCH3 is 3. The molecule has 0 aliphatic heterocycles. The topological polar surface area (TPSA) is 64.0 Å². The number of hydrogen-bond donors (Lipinski definition) is 1. The lowest BCUT2D eigenvalue weighted by Crippen LogP contribution is -2.38. The summed E-state index contributed by atoms with van der Waals surface area (Å²) < 4.78 is 17.4. The summed E-state index contributed by atoms with van der Waals surface area (Å²) in [6.45, 7) is 0.552.